The second-order valence-corrected chi connectivity index (χ2v) is 8.12. The minimum atomic E-state index is -0.225. The van der Waals surface area contributed by atoms with Crippen LogP contribution in [0, 0.1) is 0 Å². The Kier molecular flexibility index (Phi) is 5.91. The minimum Gasteiger partial charge on any atom is -0.496 e. The molecule has 1 N–H and O–H groups in total. The van der Waals surface area contributed by atoms with Gasteiger partial charge in [-0.2, -0.15) is 0 Å². The average molecular weight is 443 g/mol. The Morgan fingerprint density at radius 1 is 1.27 bits per heavy atom. The fourth-order valence-electron chi connectivity index (χ4n) is 3.03. The standard InChI is InChI=1S/C21H18N2O5S2/c1-26-15-5-3-2-4-13(15)10-18-20(25)23(21(29)30-18)9-8-19(24)22-14-6-7-16-17(11-14)28-12-27-16/h2-7,10-11H,8-9,12H2,1H3,(H,22,24)/b18-10-. The third-order valence-electron chi connectivity index (χ3n) is 4.52. The summed E-state index contributed by atoms with van der Waals surface area (Å²) in [7, 11) is 1.58. The molecule has 1 saturated heterocycles. The van der Waals surface area contributed by atoms with Crippen molar-refractivity contribution in [2.75, 3.05) is 25.8 Å². The lowest BCUT2D eigenvalue weighted by Crippen LogP contribution is -2.31. The van der Waals surface area contributed by atoms with Crippen LogP contribution < -0.4 is 19.5 Å². The number of carbonyl (C=O) groups excluding carboxylic acids is 2. The van der Waals surface area contributed by atoms with Crippen LogP contribution in [0.1, 0.15) is 12.0 Å². The monoisotopic (exact) mass is 442 g/mol. The number of rotatable bonds is 6. The molecule has 0 atom stereocenters. The zero-order valence-electron chi connectivity index (χ0n) is 16.0. The molecule has 0 bridgehead atoms. The highest BCUT2D eigenvalue weighted by molar-refractivity contribution is 8.26. The molecule has 0 unspecified atom stereocenters. The number of benzene rings is 2. The maximum absolute atomic E-state index is 12.8. The van der Waals surface area contributed by atoms with Crippen LogP contribution in [-0.2, 0) is 9.59 Å². The third kappa shape index (κ3) is 4.27. The molecule has 2 heterocycles. The molecule has 0 aliphatic carbocycles. The first-order valence-electron chi connectivity index (χ1n) is 9.13. The average Bonchev–Trinajstić information content (AvgIpc) is 3.31. The SMILES string of the molecule is COc1ccccc1/C=C1\SC(=S)N(CCC(=O)Nc2ccc3c(c2)OCO3)C1=O. The van der Waals surface area contributed by atoms with Gasteiger partial charge >= 0.3 is 0 Å². The van der Waals surface area contributed by atoms with E-state index in [0.29, 0.717) is 32.2 Å². The Labute approximate surface area is 183 Å². The molecule has 2 aromatic carbocycles. The van der Waals surface area contributed by atoms with Gasteiger partial charge in [0.1, 0.15) is 10.1 Å². The fraction of sp³-hybridized carbons (Fsp3) is 0.190. The zero-order valence-corrected chi connectivity index (χ0v) is 17.7. The molecule has 4 rings (SSSR count). The van der Waals surface area contributed by atoms with E-state index < -0.39 is 0 Å². The van der Waals surface area contributed by atoms with Crippen molar-refractivity contribution in [1.29, 1.82) is 0 Å². The number of anilines is 1. The number of nitrogens with zero attached hydrogens (tertiary/aromatic N) is 1. The number of amides is 2. The first kappa shape index (κ1) is 20.2. The molecule has 1 fully saturated rings. The van der Waals surface area contributed by atoms with Crippen LogP contribution in [-0.4, -0.2) is 41.5 Å². The summed E-state index contributed by atoms with van der Waals surface area (Å²) in [5.74, 6) is 1.47. The molecule has 30 heavy (non-hydrogen) atoms. The van der Waals surface area contributed by atoms with Gasteiger partial charge in [-0.25, -0.2) is 0 Å². The van der Waals surface area contributed by atoms with E-state index >= 15 is 0 Å². The van der Waals surface area contributed by atoms with E-state index in [9.17, 15) is 9.59 Å². The normalized spacial score (nSPS) is 16.3. The topological polar surface area (TPSA) is 77.1 Å². The van der Waals surface area contributed by atoms with Crippen LogP contribution in [0.3, 0.4) is 0 Å². The van der Waals surface area contributed by atoms with Crippen molar-refractivity contribution in [1.82, 2.24) is 4.90 Å². The first-order chi connectivity index (χ1) is 14.5. The smallest absolute Gasteiger partial charge is 0.266 e. The maximum atomic E-state index is 12.8. The molecule has 0 saturated carbocycles. The Bertz CT molecular complexity index is 1050. The van der Waals surface area contributed by atoms with E-state index in [1.807, 2.05) is 24.3 Å². The van der Waals surface area contributed by atoms with Crippen LogP contribution in [0.5, 0.6) is 17.2 Å². The van der Waals surface area contributed by atoms with Crippen molar-refractivity contribution in [2.24, 2.45) is 0 Å². The van der Waals surface area contributed by atoms with E-state index in [1.54, 1.807) is 31.4 Å². The van der Waals surface area contributed by atoms with Crippen LogP contribution in [0.15, 0.2) is 47.4 Å². The molecule has 2 aromatic rings. The number of carbonyl (C=O) groups is 2. The first-order valence-corrected chi connectivity index (χ1v) is 10.4. The van der Waals surface area contributed by atoms with Crippen molar-refractivity contribution >= 4 is 51.9 Å². The van der Waals surface area contributed by atoms with Gasteiger partial charge in [-0.05, 0) is 24.3 Å². The number of ether oxygens (including phenoxy) is 3. The van der Waals surface area contributed by atoms with E-state index in [-0.39, 0.29) is 31.6 Å². The predicted molar refractivity (Wildman–Crippen MR) is 119 cm³/mol. The zero-order chi connectivity index (χ0) is 21.1. The Morgan fingerprint density at radius 3 is 2.90 bits per heavy atom. The summed E-state index contributed by atoms with van der Waals surface area (Å²) in [6.07, 6.45) is 1.87. The number of hydrogen-bond donors (Lipinski definition) is 1. The number of nitrogens with one attached hydrogen (secondary N) is 1. The highest BCUT2D eigenvalue weighted by Gasteiger charge is 2.32. The largest absolute Gasteiger partial charge is 0.496 e. The molecule has 7 nitrogen and oxygen atoms in total. The lowest BCUT2D eigenvalue weighted by atomic mass is 10.2. The third-order valence-corrected chi connectivity index (χ3v) is 5.90. The maximum Gasteiger partial charge on any atom is 0.266 e. The second-order valence-electron chi connectivity index (χ2n) is 6.44. The number of thiocarbonyl (C=S) groups is 1. The number of fused-ring (bicyclic) bond motifs is 1. The molecule has 154 valence electrons. The highest BCUT2D eigenvalue weighted by Crippen LogP contribution is 2.35. The number of para-hydroxylation sites is 1. The van der Waals surface area contributed by atoms with Gasteiger partial charge in [-0.3, -0.25) is 14.5 Å². The fourth-order valence-corrected chi connectivity index (χ4v) is 4.33. The van der Waals surface area contributed by atoms with E-state index in [2.05, 4.69) is 5.32 Å². The summed E-state index contributed by atoms with van der Waals surface area (Å²) in [5, 5.41) is 2.80. The van der Waals surface area contributed by atoms with Gasteiger partial charge in [0.25, 0.3) is 5.91 Å². The van der Waals surface area contributed by atoms with Gasteiger partial charge in [-0.15, -0.1) is 0 Å². The summed E-state index contributed by atoms with van der Waals surface area (Å²) in [6, 6.07) is 12.6. The van der Waals surface area contributed by atoms with Gasteiger partial charge < -0.3 is 19.5 Å². The van der Waals surface area contributed by atoms with Crippen molar-refractivity contribution in [3.8, 4) is 17.2 Å². The molecule has 2 aliphatic heterocycles. The molecular weight excluding hydrogens is 424 g/mol. The van der Waals surface area contributed by atoms with Crippen molar-refractivity contribution < 1.29 is 23.8 Å². The van der Waals surface area contributed by atoms with Crippen LogP contribution in [0.2, 0.25) is 0 Å². The van der Waals surface area contributed by atoms with Gasteiger partial charge in [0, 0.05) is 30.3 Å². The quantitative estimate of drug-likeness (QED) is 0.540. The summed E-state index contributed by atoms with van der Waals surface area (Å²) in [5.41, 5.74) is 1.40. The summed E-state index contributed by atoms with van der Waals surface area (Å²) in [4.78, 5) is 27.0. The van der Waals surface area contributed by atoms with Crippen molar-refractivity contribution in [2.45, 2.75) is 6.42 Å². The van der Waals surface area contributed by atoms with Gasteiger partial charge in [-0.1, -0.05) is 42.2 Å². The lowest BCUT2D eigenvalue weighted by molar-refractivity contribution is -0.122. The predicted octanol–water partition coefficient (Wildman–Crippen LogP) is 3.65. The highest BCUT2D eigenvalue weighted by atomic mass is 32.2. The molecular formula is C21H18N2O5S2. The molecule has 0 radical (unpaired) electrons. The van der Waals surface area contributed by atoms with Crippen molar-refractivity contribution in [3.63, 3.8) is 0 Å². The molecule has 9 heteroatoms. The van der Waals surface area contributed by atoms with E-state index in [0.717, 1.165) is 5.56 Å². The van der Waals surface area contributed by atoms with E-state index in [4.69, 9.17) is 26.4 Å². The summed E-state index contributed by atoms with van der Waals surface area (Å²) >= 11 is 6.56. The lowest BCUT2D eigenvalue weighted by Gasteiger charge is -2.14. The number of hydrogen-bond acceptors (Lipinski definition) is 7. The summed E-state index contributed by atoms with van der Waals surface area (Å²) in [6.45, 7) is 0.369. The Hall–Kier alpha value is -3.04. The molecule has 0 spiro atoms. The van der Waals surface area contributed by atoms with Crippen LogP contribution >= 0.6 is 24.0 Å². The van der Waals surface area contributed by atoms with Crippen molar-refractivity contribution in [3.05, 3.63) is 52.9 Å². The summed E-state index contributed by atoms with van der Waals surface area (Å²) < 4.78 is 16.3. The minimum absolute atomic E-state index is 0.114. The van der Waals surface area contributed by atoms with Crippen LogP contribution in [0.25, 0.3) is 6.08 Å². The molecule has 2 aliphatic rings. The second kappa shape index (κ2) is 8.76. The van der Waals surface area contributed by atoms with E-state index in [1.165, 1.54) is 16.7 Å². The van der Waals surface area contributed by atoms with Gasteiger partial charge in [0.15, 0.2) is 11.5 Å². The number of methoxy groups -OCH3 is 1. The molecule has 2 amide bonds. The molecule has 0 aromatic heterocycles. The number of thioether (sulfide) groups is 1. The van der Waals surface area contributed by atoms with Crippen LogP contribution in [0.4, 0.5) is 5.69 Å². The van der Waals surface area contributed by atoms with Gasteiger partial charge in [0.05, 0.1) is 12.0 Å². The van der Waals surface area contributed by atoms with Gasteiger partial charge in [0.2, 0.25) is 12.7 Å². The Morgan fingerprint density at radius 2 is 2.07 bits per heavy atom. The Balaban J connectivity index is 1.37.